The van der Waals surface area contributed by atoms with Gasteiger partial charge in [0.15, 0.2) is 0 Å². The smallest absolute Gasteiger partial charge is 0.284 e. The molecule has 3 N–H and O–H groups in total. The Labute approximate surface area is 131 Å². The second-order valence-electron chi connectivity index (χ2n) is 5.34. The molecular weight excluding hydrogens is 302 g/mol. The maximum absolute atomic E-state index is 12.0. The van der Waals surface area contributed by atoms with Gasteiger partial charge in [0.25, 0.3) is 5.91 Å². The molecule has 0 unspecified atom stereocenters. The van der Waals surface area contributed by atoms with Gasteiger partial charge in [-0.2, -0.15) is 0 Å². The molecule has 0 saturated carbocycles. The lowest BCUT2D eigenvalue weighted by Gasteiger charge is -2.14. The first-order chi connectivity index (χ1) is 10.7. The number of carbonyl (C=O) groups is 2. The summed E-state index contributed by atoms with van der Waals surface area (Å²) in [6.45, 7) is 2.38. The van der Waals surface area contributed by atoms with E-state index in [0.717, 1.165) is 36.0 Å². The van der Waals surface area contributed by atoms with Crippen molar-refractivity contribution in [1.82, 2.24) is 10.4 Å². The molecule has 1 aliphatic rings. The Morgan fingerprint density at radius 3 is 2.73 bits per heavy atom. The number of rotatable bonds is 4. The van der Waals surface area contributed by atoms with Crippen LogP contribution in [0.5, 0.6) is 0 Å². The minimum absolute atomic E-state index is 0.0233. The second-order valence-corrected chi connectivity index (χ2v) is 6.42. The zero-order valence-electron chi connectivity index (χ0n) is 12.0. The molecule has 2 aromatic rings. The monoisotopic (exact) mass is 319 g/mol. The molecule has 1 aromatic carbocycles. The lowest BCUT2D eigenvalue weighted by Crippen LogP contribution is -2.30. The van der Waals surface area contributed by atoms with Gasteiger partial charge in [-0.1, -0.05) is 0 Å². The molecule has 2 amide bonds. The van der Waals surface area contributed by atoms with Crippen LogP contribution in [0.15, 0.2) is 24.3 Å². The average molecular weight is 319 g/mol. The van der Waals surface area contributed by atoms with Gasteiger partial charge in [0.2, 0.25) is 5.91 Å². The van der Waals surface area contributed by atoms with Crippen LogP contribution < -0.4 is 10.8 Å². The Balaban J connectivity index is 1.71. The van der Waals surface area contributed by atoms with E-state index < -0.39 is 5.91 Å². The number of carbonyl (C=O) groups excluding carboxylic acids is 2. The van der Waals surface area contributed by atoms with Crippen molar-refractivity contribution in [2.75, 3.05) is 25.0 Å². The van der Waals surface area contributed by atoms with E-state index in [0.29, 0.717) is 17.1 Å². The fourth-order valence-corrected chi connectivity index (χ4v) is 3.57. The van der Waals surface area contributed by atoms with Crippen LogP contribution in [0.25, 0.3) is 10.1 Å². The fourth-order valence-electron chi connectivity index (χ4n) is 2.63. The van der Waals surface area contributed by atoms with Gasteiger partial charge in [-0.05, 0) is 55.6 Å². The van der Waals surface area contributed by atoms with Gasteiger partial charge in [-0.3, -0.25) is 19.7 Å². The molecule has 0 atom stereocenters. The normalized spacial score (nSPS) is 15.1. The third-order valence-corrected chi connectivity index (χ3v) is 4.81. The highest BCUT2D eigenvalue weighted by Crippen LogP contribution is 2.28. The topological polar surface area (TPSA) is 81.7 Å². The number of nitrogens with zero attached hydrogens (tertiary/aromatic N) is 1. The average Bonchev–Trinajstić information content (AvgIpc) is 3.14. The Morgan fingerprint density at radius 2 is 2.00 bits per heavy atom. The number of amides is 2. The molecule has 116 valence electrons. The molecule has 0 spiro atoms. The van der Waals surface area contributed by atoms with E-state index in [4.69, 9.17) is 5.21 Å². The van der Waals surface area contributed by atoms with Crippen molar-refractivity contribution >= 4 is 38.9 Å². The number of likely N-dealkylation sites (tertiary alicyclic amines) is 1. The maximum Gasteiger partial charge on any atom is 0.284 e. The molecule has 22 heavy (non-hydrogen) atoms. The van der Waals surface area contributed by atoms with Gasteiger partial charge in [-0.25, -0.2) is 5.48 Å². The summed E-state index contributed by atoms with van der Waals surface area (Å²) in [5.41, 5.74) is 2.34. The fraction of sp³-hybridized carbons (Fsp3) is 0.333. The van der Waals surface area contributed by atoms with E-state index in [-0.39, 0.29) is 5.91 Å². The molecule has 7 heteroatoms. The predicted octanol–water partition coefficient (Wildman–Crippen LogP) is 2.05. The summed E-state index contributed by atoms with van der Waals surface area (Å²) in [4.78, 5) is 26.0. The maximum atomic E-state index is 12.0. The van der Waals surface area contributed by atoms with E-state index in [2.05, 4.69) is 10.2 Å². The first-order valence-electron chi connectivity index (χ1n) is 7.16. The quantitative estimate of drug-likeness (QED) is 0.595. The zero-order valence-corrected chi connectivity index (χ0v) is 12.8. The minimum atomic E-state index is -0.527. The molecule has 0 aliphatic carbocycles. The summed E-state index contributed by atoms with van der Waals surface area (Å²) in [6.07, 6.45) is 2.31. The number of nitrogens with one attached hydrogen (secondary N) is 2. The van der Waals surface area contributed by atoms with Crippen LogP contribution in [0.3, 0.4) is 0 Å². The van der Waals surface area contributed by atoms with Crippen molar-refractivity contribution in [3.05, 3.63) is 29.1 Å². The second kappa shape index (κ2) is 6.43. The summed E-state index contributed by atoms with van der Waals surface area (Å²) in [5.74, 6) is -0.550. The van der Waals surface area contributed by atoms with Gasteiger partial charge in [0, 0.05) is 10.4 Å². The van der Waals surface area contributed by atoms with Gasteiger partial charge in [-0.15, -0.1) is 11.3 Å². The van der Waals surface area contributed by atoms with Crippen LogP contribution in [0.2, 0.25) is 0 Å². The van der Waals surface area contributed by atoms with Gasteiger partial charge >= 0.3 is 0 Å². The number of fused-ring (bicyclic) bond motifs is 1. The molecule has 1 fully saturated rings. The molecule has 3 rings (SSSR count). The third-order valence-electron chi connectivity index (χ3n) is 3.69. The van der Waals surface area contributed by atoms with Crippen molar-refractivity contribution in [2.45, 2.75) is 12.8 Å². The van der Waals surface area contributed by atoms with Crippen LogP contribution in [-0.4, -0.2) is 41.6 Å². The number of hydroxylamine groups is 1. The zero-order chi connectivity index (χ0) is 15.5. The Morgan fingerprint density at radius 1 is 1.23 bits per heavy atom. The molecule has 1 saturated heterocycles. The van der Waals surface area contributed by atoms with Gasteiger partial charge < -0.3 is 5.32 Å². The molecular formula is C15H17N3O3S. The van der Waals surface area contributed by atoms with Crippen molar-refractivity contribution in [3.63, 3.8) is 0 Å². The highest BCUT2D eigenvalue weighted by molar-refractivity contribution is 7.20. The lowest BCUT2D eigenvalue weighted by atomic mass is 10.2. The number of thiophene rings is 1. The third kappa shape index (κ3) is 3.27. The summed E-state index contributed by atoms with van der Waals surface area (Å²) in [5, 5.41) is 12.4. The van der Waals surface area contributed by atoms with Crippen molar-refractivity contribution in [2.24, 2.45) is 0 Å². The van der Waals surface area contributed by atoms with Crippen LogP contribution in [-0.2, 0) is 4.79 Å². The van der Waals surface area contributed by atoms with Crippen LogP contribution in [0, 0.1) is 0 Å². The van der Waals surface area contributed by atoms with Gasteiger partial charge in [0.1, 0.15) is 0 Å². The first-order valence-corrected chi connectivity index (χ1v) is 7.97. The van der Waals surface area contributed by atoms with E-state index in [1.54, 1.807) is 11.5 Å². The van der Waals surface area contributed by atoms with Gasteiger partial charge in [0.05, 0.1) is 11.4 Å². The van der Waals surface area contributed by atoms with E-state index in [1.165, 1.54) is 11.3 Å². The van der Waals surface area contributed by atoms with E-state index in [9.17, 15) is 9.59 Å². The molecule has 0 radical (unpaired) electrons. The molecule has 6 nitrogen and oxygen atoms in total. The highest BCUT2D eigenvalue weighted by atomic mass is 32.1. The molecule has 1 aliphatic heterocycles. The Kier molecular flexibility index (Phi) is 4.37. The van der Waals surface area contributed by atoms with E-state index in [1.807, 2.05) is 18.2 Å². The summed E-state index contributed by atoms with van der Waals surface area (Å²) in [6, 6.07) is 7.21. The highest BCUT2D eigenvalue weighted by Gasteiger charge is 2.15. The van der Waals surface area contributed by atoms with Crippen molar-refractivity contribution < 1.29 is 14.8 Å². The SMILES string of the molecule is O=C(CN1CCCC1)Nc1ccc2sc(C(=O)NO)cc2c1. The number of hydrogen-bond donors (Lipinski definition) is 3. The van der Waals surface area contributed by atoms with Crippen LogP contribution in [0.4, 0.5) is 5.69 Å². The standard InChI is InChI=1S/C15H17N3O3S/c19-14(9-18-5-1-2-6-18)16-11-3-4-12-10(7-11)8-13(22-12)15(20)17-21/h3-4,7-8,21H,1-2,5-6,9H2,(H,16,19)(H,17,20). The Hall–Kier alpha value is -1.96. The van der Waals surface area contributed by atoms with E-state index >= 15 is 0 Å². The summed E-state index contributed by atoms with van der Waals surface area (Å²) < 4.78 is 0.927. The molecule has 0 bridgehead atoms. The number of anilines is 1. The lowest BCUT2D eigenvalue weighted by molar-refractivity contribution is -0.117. The predicted molar refractivity (Wildman–Crippen MR) is 85.4 cm³/mol. The van der Waals surface area contributed by atoms with Crippen LogP contribution >= 0.6 is 11.3 Å². The van der Waals surface area contributed by atoms with Crippen molar-refractivity contribution in [1.29, 1.82) is 0 Å². The number of benzene rings is 1. The Bertz CT molecular complexity index is 707. The van der Waals surface area contributed by atoms with Crippen LogP contribution in [0.1, 0.15) is 22.5 Å². The first kappa shape index (κ1) is 15.0. The molecule has 2 heterocycles. The summed E-state index contributed by atoms with van der Waals surface area (Å²) in [7, 11) is 0. The van der Waals surface area contributed by atoms with Crippen molar-refractivity contribution in [3.8, 4) is 0 Å². The minimum Gasteiger partial charge on any atom is -0.325 e. The molecule has 1 aromatic heterocycles. The largest absolute Gasteiger partial charge is 0.325 e. The number of hydrogen-bond acceptors (Lipinski definition) is 5. The summed E-state index contributed by atoms with van der Waals surface area (Å²) >= 11 is 1.29.